The molecule has 0 radical (unpaired) electrons. The highest BCUT2D eigenvalue weighted by molar-refractivity contribution is 5.41. The molecule has 1 rings (SSSR count). The van der Waals surface area contributed by atoms with Crippen molar-refractivity contribution in [2.24, 2.45) is 0 Å². The number of nitrogens with zero attached hydrogens (tertiary/aromatic N) is 1. The molecule has 3 nitrogen and oxygen atoms in total. The van der Waals surface area contributed by atoms with Gasteiger partial charge in [-0.2, -0.15) is 5.26 Å². The van der Waals surface area contributed by atoms with Crippen LogP contribution in [0.25, 0.3) is 0 Å². The first kappa shape index (κ1) is 16.5. The van der Waals surface area contributed by atoms with Gasteiger partial charge in [-0.15, -0.1) is 0 Å². The quantitative estimate of drug-likeness (QED) is 0.625. The fourth-order valence-electron chi connectivity index (χ4n) is 2.13. The first-order valence-electron chi connectivity index (χ1n) is 7.39. The van der Waals surface area contributed by atoms with Crippen LogP contribution in [-0.4, -0.2) is 13.2 Å². The number of nitriles is 1. The van der Waals surface area contributed by atoms with Gasteiger partial charge in [-0.25, -0.2) is 0 Å². The Bertz CT molecular complexity index is 437. The van der Waals surface area contributed by atoms with Crippen molar-refractivity contribution in [2.45, 2.75) is 58.7 Å². The number of methoxy groups -OCH3 is 1. The summed E-state index contributed by atoms with van der Waals surface area (Å²) in [5.41, 5.74) is 1.58. The average Bonchev–Trinajstić information content (AvgIpc) is 2.49. The van der Waals surface area contributed by atoms with Gasteiger partial charge in [0.15, 0.2) is 0 Å². The fraction of sp³-hybridized carbons (Fsp3) is 0.588. The monoisotopic (exact) mass is 275 g/mol. The second-order valence-electron chi connectivity index (χ2n) is 5.11. The normalized spacial score (nSPS) is 11.9. The van der Waals surface area contributed by atoms with Crippen LogP contribution in [0.1, 0.15) is 57.1 Å². The van der Waals surface area contributed by atoms with E-state index < -0.39 is 0 Å². The Kier molecular flexibility index (Phi) is 7.75. The summed E-state index contributed by atoms with van der Waals surface area (Å²) in [5.74, 6) is 0.780. The van der Waals surface area contributed by atoms with Crippen molar-refractivity contribution < 1.29 is 9.47 Å². The molecule has 0 saturated carbocycles. The molecule has 1 aromatic rings. The van der Waals surface area contributed by atoms with Gasteiger partial charge in [0.25, 0.3) is 0 Å². The lowest BCUT2D eigenvalue weighted by Gasteiger charge is -2.15. The summed E-state index contributed by atoms with van der Waals surface area (Å²) in [6, 6.07) is 7.56. The van der Waals surface area contributed by atoms with E-state index in [2.05, 4.69) is 19.9 Å². The molecule has 0 aliphatic rings. The molecule has 0 N–H and O–H groups in total. The molecule has 3 heteroatoms. The van der Waals surface area contributed by atoms with Gasteiger partial charge in [-0.1, -0.05) is 32.6 Å². The molecule has 0 aliphatic heterocycles. The van der Waals surface area contributed by atoms with E-state index in [4.69, 9.17) is 14.7 Å². The van der Waals surface area contributed by atoms with Gasteiger partial charge in [0.1, 0.15) is 5.75 Å². The van der Waals surface area contributed by atoms with Crippen LogP contribution in [0.5, 0.6) is 5.75 Å². The maximum absolute atomic E-state index is 8.94. The van der Waals surface area contributed by atoms with Gasteiger partial charge in [0.05, 0.1) is 31.5 Å². The van der Waals surface area contributed by atoms with Crippen LogP contribution in [0.15, 0.2) is 18.2 Å². The van der Waals surface area contributed by atoms with Crippen molar-refractivity contribution in [3.05, 3.63) is 29.3 Å². The smallest absolute Gasteiger partial charge is 0.124 e. The number of rotatable bonds is 9. The van der Waals surface area contributed by atoms with Crippen LogP contribution < -0.4 is 4.74 Å². The summed E-state index contributed by atoms with van der Waals surface area (Å²) in [7, 11) is 1.64. The van der Waals surface area contributed by atoms with Gasteiger partial charge < -0.3 is 9.47 Å². The molecule has 0 aromatic heterocycles. The van der Waals surface area contributed by atoms with Crippen LogP contribution in [0, 0.1) is 11.3 Å². The molecule has 1 unspecified atom stereocenters. The van der Waals surface area contributed by atoms with Crippen molar-refractivity contribution in [1.29, 1.82) is 5.26 Å². The van der Waals surface area contributed by atoms with Gasteiger partial charge in [0, 0.05) is 5.56 Å². The Balaban J connectivity index is 2.46. The standard InChI is InChI=1S/C17H25NO2/c1-4-5-6-7-8-14(2)20-13-16-11-15(12-18)9-10-17(16)19-3/h9-11,14H,4-8,13H2,1-3H3. The average molecular weight is 275 g/mol. The van der Waals surface area contributed by atoms with Crippen LogP contribution >= 0.6 is 0 Å². The molecule has 20 heavy (non-hydrogen) atoms. The highest BCUT2D eigenvalue weighted by Gasteiger charge is 2.08. The molecular formula is C17H25NO2. The first-order valence-corrected chi connectivity index (χ1v) is 7.39. The topological polar surface area (TPSA) is 42.2 Å². The molecule has 0 spiro atoms. The van der Waals surface area contributed by atoms with E-state index in [-0.39, 0.29) is 6.10 Å². The lowest BCUT2D eigenvalue weighted by atomic mass is 10.1. The van der Waals surface area contributed by atoms with Gasteiger partial charge in [0.2, 0.25) is 0 Å². The molecule has 110 valence electrons. The largest absolute Gasteiger partial charge is 0.496 e. The lowest BCUT2D eigenvalue weighted by Crippen LogP contribution is -2.08. The third-order valence-corrected chi connectivity index (χ3v) is 3.40. The van der Waals surface area contributed by atoms with E-state index in [0.717, 1.165) is 17.7 Å². The second-order valence-corrected chi connectivity index (χ2v) is 5.11. The number of ether oxygens (including phenoxy) is 2. The molecule has 0 saturated heterocycles. The van der Waals surface area contributed by atoms with Gasteiger partial charge in [-0.05, 0) is 31.5 Å². The minimum absolute atomic E-state index is 0.238. The second kappa shape index (κ2) is 9.39. The number of benzene rings is 1. The summed E-state index contributed by atoms with van der Waals surface area (Å²) >= 11 is 0. The van der Waals surface area contributed by atoms with Crippen molar-refractivity contribution in [1.82, 2.24) is 0 Å². The predicted molar refractivity (Wildman–Crippen MR) is 80.7 cm³/mol. The lowest BCUT2D eigenvalue weighted by molar-refractivity contribution is 0.0448. The SMILES string of the molecule is CCCCCCC(C)OCc1cc(C#N)ccc1OC. The van der Waals surface area contributed by atoms with E-state index in [0.29, 0.717) is 12.2 Å². The van der Waals surface area contributed by atoms with Crippen LogP contribution in [0.2, 0.25) is 0 Å². The van der Waals surface area contributed by atoms with Crippen molar-refractivity contribution >= 4 is 0 Å². The third kappa shape index (κ3) is 5.63. The molecule has 0 heterocycles. The Labute approximate surface area is 122 Å². The van der Waals surface area contributed by atoms with Crippen molar-refractivity contribution in [3.63, 3.8) is 0 Å². The Morgan fingerprint density at radius 3 is 2.70 bits per heavy atom. The van der Waals surface area contributed by atoms with Crippen molar-refractivity contribution in [3.8, 4) is 11.8 Å². The minimum atomic E-state index is 0.238. The summed E-state index contributed by atoms with van der Waals surface area (Å²) in [6.45, 7) is 4.81. The highest BCUT2D eigenvalue weighted by Crippen LogP contribution is 2.21. The zero-order chi connectivity index (χ0) is 14.8. The Hall–Kier alpha value is -1.53. The van der Waals surface area contributed by atoms with Crippen LogP contribution in [0.4, 0.5) is 0 Å². The van der Waals surface area contributed by atoms with Crippen LogP contribution in [-0.2, 0) is 11.3 Å². The van der Waals surface area contributed by atoms with E-state index in [1.54, 1.807) is 13.2 Å². The van der Waals surface area contributed by atoms with Gasteiger partial charge in [-0.3, -0.25) is 0 Å². The molecule has 0 bridgehead atoms. The van der Waals surface area contributed by atoms with E-state index in [1.165, 1.54) is 25.7 Å². The zero-order valence-corrected chi connectivity index (χ0v) is 12.8. The van der Waals surface area contributed by atoms with Gasteiger partial charge >= 0.3 is 0 Å². The molecular weight excluding hydrogens is 250 g/mol. The molecule has 0 aliphatic carbocycles. The molecule has 1 atom stereocenters. The van der Waals surface area contributed by atoms with E-state index in [9.17, 15) is 0 Å². The Morgan fingerprint density at radius 2 is 2.05 bits per heavy atom. The summed E-state index contributed by atoms with van der Waals surface area (Å²) in [6.07, 6.45) is 6.36. The maximum Gasteiger partial charge on any atom is 0.124 e. The van der Waals surface area contributed by atoms with E-state index >= 15 is 0 Å². The molecule has 0 fully saturated rings. The molecule has 1 aromatic carbocycles. The Morgan fingerprint density at radius 1 is 1.25 bits per heavy atom. The zero-order valence-electron chi connectivity index (χ0n) is 12.8. The van der Waals surface area contributed by atoms with E-state index in [1.807, 2.05) is 12.1 Å². The highest BCUT2D eigenvalue weighted by atomic mass is 16.5. The number of hydrogen-bond donors (Lipinski definition) is 0. The molecule has 0 amide bonds. The summed E-state index contributed by atoms with van der Waals surface area (Å²) < 4.78 is 11.2. The number of unbranched alkanes of at least 4 members (excludes halogenated alkanes) is 3. The minimum Gasteiger partial charge on any atom is -0.496 e. The summed E-state index contributed by atoms with van der Waals surface area (Å²) in [4.78, 5) is 0. The van der Waals surface area contributed by atoms with Crippen molar-refractivity contribution in [2.75, 3.05) is 7.11 Å². The number of hydrogen-bond acceptors (Lipinski definition) is 3. The first-order chi connectivity index (χ1) is 9.71. The van der Waals surface area contributed by atoms with Crippen LogP contribution in [0.3, 0.4) is 0 Å². The predicted octanol–water partition coefficient (Wildman–Crippen LogP) is 4.44. The fourth-order valence-corrected chi connectivity index (χ4v) is 2.13. The maximum atomic E-state index is 8.94. The third-order valence-electron chi connectivity index (χ3n) is 3.40. The summed E-state index contributed by atoms with van der Waals surface area (Å²) in [5, 5.41) is 8.94.